The molecule has 0 spiro atoms. The van der Waals surface area contributed by atoms with Crippen LogP contribution in [0.25, 0.3) is 0 Å². The molecule has 14 nitrogen and oxygen atoms in total. The smallest absolute Gasteiger partial charge is 0.269 e. The van der Waals surface area contributed by atoms with Crippen LogP contribution in [-0.4, -0.2) is 52.8 Å². The van der Waals surface area contributed by atoms with Crippen molar-refractivity contribution in [3.63, 3.8) is 0 Å². The molecule has 0 aliphatic carbocycles. The molecule has 0 bridgehead atoms. The molecule has 67 heavy (non-hydrogen) atoms. The average molecular weight is 913 g/mol. The Morgan fingerprint density at radius 3 is 1.37 bits per heavy atom. The monoisotopic (exact) mass is 912 g/mol. The first-order valence-electron chi connectivity index (χ1n) is 20.6. The number of carbonyl (C=O) groups excluding carboxylic acids is 4. The summed E-state index contributed by atoms with van der Waals surface area (Å²) in [6.45, 7) is 0. The van der Waals surface area contributed by atoms with E-state index < -0.39 is 0 Å². The van der Waals surface area contributed by atoms with Gasteiger partial charge in [0.25, 0.3) is 23.6 Å². The second-order valence-corrected chi connectivity index (χ2v) is 14.5. The summed E-state index contributed by atoms with van der Waals surface area (Å²) in [6, 6.07) is 53.7. The van der Waals surface area contributed by atoms with Crippen molar-refractivity contribution in [1.82, 2.24) is 20.6 Å². The molecule has 0 saturated heterocycles. The number of hydrogen-bond acceptors (Lipinski definition) is 10. The van der Waals surface area contributed by atoms with Crippen LogP contribution in [0.15, 0.2) is 194 Å². The zero-order valence-corrected chi connectivity index (χ0v) is 37.0. The van der Waals surface area contributed by atoms with Crippen molar-refractivity contribution in [3.05, 3.63) is 222 Å². The Morgan fingerprint density at radius 2 is 0.896 bits per heavy atom. The summed E-state index contributed by atoms with van der Waals surface area (Å²) in [5, 5.41) is 27.0. The van der Waals surface area contributed by atoms with E-state index in [1.807, 2.05) is 97.1 Å². The average Bonchev–Trinajstić information content (AvgIpc) is 3.36. The summed E-state index contributed by atoms with van der Waals surface area (Å²) in [6.07, 6.45) is 3.00. The van der Waals surface area contributed by atoms with Crippen LogP contribution in [0.2, 0.25) is 5.02 Å². The standard InChI is InChI=1S/C26H22N4O3.C19H16N2O2.C7H7ClN2O/c1-27-26(32)24-17-21(15-16-28-24)33-20-13-11-19(12-14-20)30-25(31)22-9-5-6-10-23(22)29-18-7-3-2-4-8-18;22-16-12-10-15(11-13-16)21-19(23)17-8-4-5-9-18(17)20-14-6-2-1-3-7-14;1-9-7(11)6-4-5(8)2-3-10-6/h2-17,29H,1H3,(H,27,32)(H,30,31);1-13,20,22H,(H,21,23);2-4H,1H3,(H,9,11). The van der Waals surface area contributed by atoms with E-state index in [0.717, 1.165) is 17.1 Å². The molecule has 2 heterocycles. The maximum atomic E-state index is 12.9. The molecule has 336 valence electrons. The lowest BCUT2D eigenvalue weighted by Gasteiger charge is -2.13. The van der Waals surface area contributed by atoms with E-state index in [-0.39, 0.29) is 35.1 Å². The van der Waals surface area contributed by atoms with E-state index in [0.29, 0.717) is 50.4 Å². The molecule has 2 aromatic heterocycles. The SMILES string of the molecule is CNC(=O)c1cc(Cl)ccn1.CNC(=O)c1cc(Oc2ccc(NC(=O)c3ccccc3Nc3ccccc3)cc2)ccn1.O=C(Nc1ccc(O)cc1)c1ccccc1Nc1ccccc1. The fourth-order valence-electron chi connectivity index (χ4n) is 6.00. The van der Waals surface area contributed by atoms with Gasteiger partial charge in [-0.25, -0.2) is 0 Å². The predicted molar refractivity (Wildman–Crippen MR) is 263 cm³/mol. The third-order valence-electron chi connectivity index (χ3n) is 9.29. The third kappa shape index (κ3) is 14.5. The zero-order chi connectivity index (χ0) is 47.4. The van der Waals surface area contributed by atoms with Gasteiger partial charge in [-0.1, -0.05) is 72.3 Å². The summed E-state index contributed by atoms with van der Waals surface area (Å²) < 4.78 is 5.80. The molecule has 0 aliphatic heterocycles. The number of hydrogen-bond donors (Lipinski definition) is 7. The Hall–Kier alpha value is -9.01. The van der Waals surface area contributed by atoms with Gasteiger partial charge in [-0.3, -0.25) is 29.1 Å². The molecule has 6 aromatic carbocycles. The Kier molecular flexibility index (Phi) is 17.1. The van der Waals surface area contributed by atoms with Gasteiger partial charge in [0.2, 0.25) is 0 Å². The molecule has 0 fully saturated rings. The Labute approximate surface area is 392 Å². The first kappa shape index (κ1) is 47.5. The number of benzene rings is 6. The van der Waals surface area contributed by atoms with Gasteiger partial charge in [-0.2, -0.15) is 0 Å². The Morgan fingerprint density at radius 1 is 0.463 bits per heavy atom. The van der Waals surface area contributed by atoms with E-state index in [1.165, 1.54) is 30.6 Å². The van der Waals surface area contributed by atoms with Crippen LogP contribution in [0.4, 0.5) is 34.1 Å². The lowest BCUT2D eigenvalue weighted by molar-refractivity contribution is 0.0950. The highest BCUT2D eigenvalue weighted by atomic mass is 35.5. The summed E-state index contributed by atoms with van der Waals surface area (Å²) in [7, 11) is 3.09. The van der Waals surface area contributed by atoms with Crippen LogP contribution in [0.5, 0.6) is 17.2 Å². The van der Waals surface area contributed by atoms with E-state index in [9.17, 15) is 24.3 Å². The van der Waals surface area contributed by atoms with E-state index in [4.69, 9.17) is 16.3 Å². The minimum Gasteiger partial charge on any atom is -0.508 e. The highest BCUT2D eigenvalue weighted by Gasteiger charge is 2.14. The number of halogens is 1. The lowest BCUT2D eigenvalue weighted by Crippen LogP contribution is -2.18. The number of amides is 4. The number of rotatable bonds is 12. The molecule has 0 radical (unpaired) electrons. The maximum absolute atomic E-state index is 12.9. The lowest BCUT2D eigenvalue weighted by atomic mass is 10.1. The molecule has 0 aliphatic rings. The number of carbonyl (C=O) groups is 4. The number of aromatic hydroxyl groups is 1. The number of para-hydroxylation sites is 4. The van der Waals surface area contributed by atoms with E-state index in [1.54, 1.807) is 80.8 Å². The molecule has 0 atom stereocenters. The van der Waals surface area contributed by atoms with Crippen molar-refractivity contribution in [2.75, 3.05) is 35.4 Å². The Balaban J connectivity index is 0.000000188. The van der Waals surface area contributed by atoms with Crippen molar-refractivity contribution in [2.24, 2.45) is 0 Å². The summed E-state index contributed by atoms with van der Waals surface area (Å²) in [5.41, 5.74) is 6.18. The first-order valence-corrected chi connectivity index (χ1v) is 21.0. The highest BCUT2D eigenvalue weighted by molar-refractivity contribution is 6.30. The second kappa shape index (κ2) is 24.2. The normalized spacial score (nSPS) is 10.0. The van der Waals surface area contributed by atoms with E-state index >= 15 is 0 Å². The van der Waals surface area contributed by atoms with Gasteiger partial charge in [0.15, 0.2) is 0 Å². The first-order chi connectivity index (χ1) is 32.6. The fourth-order valence-corrected chi connectivity index (χ4v) is 6.16. The molecule has 15 heteroatoms. The number of nitrogens with one attached hydrogen (secondary N) is 6. The zero-order valence-electron chi connectivity index (χ0n) is 36.2. The van der Waals surface area contributed by atoms with Crippen LogP contribution in [-0.2, 0) is 0 Å². The van der Waals surface area contributed by atoms with Crippen molar-refractivity contribution >= 4 is 69.4 Å². The summed E-state index contributed by atoms with van der Waals surface area (Å²) in [5.74, 6) is 0.249. The number of aromatic nitrogens is 2. The molecular weight excluding hydrogens is 868 g/mol. The number of anilines is 6. The molecular formula is C52H45ClN8O6. The minimum absolute atomic E-state index is 0.161. The maximum Gasteiger partial charge on any atom is 0.269 e. The van der Waals surface area contributed by atoms with Crippen LogP contribution in [0, 0.1) is 0 Å². The summed E-state index contributed by atoms with van der Waals surface area (Å²) in [4.78, 5) is 55.9. The largest absolute Gasteiger partial charge is 0.508 e. The highest BCUT2D eigenvalue weighted by Crippen LogP contribution is 2.26. The van der Waals surface area contributed by atoms with Gasteiger partial charge in [0.1, 0.15) is 28.6 Å². The number of pyridine rings is 2. The number of phenols is 1. The van der Waals surface area contributed by atoms with Gasteiger partial charge >= 0.3 is 0 Å². The number of nitrogens with zero attached hydrogens (tertiary/aromatic N) is 2. The molecule has 0 unspecified atom stereocenters. The Bertz CT molecular complexity index is 2910. The van der Waals surface area contributed by atoms with Crippen molar-refractivity contribution in [3.8, 4) is 17.2 Å². The third-order valence-corrected chi connectivity index (χ3v) is 9.53. The quantitative estimate of drug-likeness (QED) is 0.0580. The van der Waals surface area contributed by atoms with Crippen molar-refractivity contribution < 1.29 is 29.0 Å². The van der Waals surface area contributed by atoms with Crippen molar-refractivity contribution in [1.29, 1.82) is 0 Å². The van der Waals surface area contributed by atoms with Crippen LogP contribution in [0.3, 0.4) is 0 Å². The van der Waals surface area contributed by atoms with Crippen molar-refractivity contribution in [2.45, 2.75) is 0 Å². The second-order valence-electron chi connectivity index (χ2n) is 14.0. The topological polar surface area (TPSA) is 196 Å². The predicted octanol–water partition coefficient (Wildman–Crippen LogP) is 10.7. The van der Waals surface area contributed by atoms with Crippen LogP contribution < -0.4 is 36.6 Å². The van der Waals surface area contributed by atoms with Crippen LogP contribution in [0.1, 0.15) is 41.7 Å². The van der Waals surface area contributed by atoms with Gasteiger partial charge in [0, 0.05) is 60.3 Å². The molecule has 8 aromatic rings. The summed E-state index contributed by atoms with van der Waals surface area (Å²) >= 11 is 5.63. The van der Waals surface area contributed by atoms with E-state index in [2.05, 4.69) is 41.9 Å². The molecule has 7 N–H and O–H groups in total. The van der Waals surface area contributed by atoms with Gasteiger partial charge in [-0.15, -0.1) is 0 Å². The molecule has 8 rings (SSSR count). The van der Waals surface area contributed by atoms with Gasteiger partial charge in [-0.05, 0) is 115 Å². The fraction of sp³-hybridized carbons (Fsp3) is 0.0385. The van der Waals surface area contributed by atoms with Crippen LogP contribution >= 0.6 is 11.6 Å². The number of ether oxygens (including phenoxy) is 1. The minimum atomic E-state index is -0.291. The molecule has 0 saturated carbocycles. The van der Waals surface area contributed by atoms with Gasteiger partial charge < -0.3 is 41.7 Å². The number of phenolic OH excluding ortho intramolecular Hbond substituents is 1. The van der Waals surface area contributed by atoms with Gasteiger partial charge in [0.05, 0.1) is 22.5 Å². The molecule has 4 amide bonds.